The van der Waals surface area contributed by atoms with Crippen LogP contribution in [0.15, 0.2) is 29.2 Å². The van der Waals surface area contributed by atoms with Crippen LogP contribution in [0.5, 0.6) is 0 Å². The minimum atomic E-state index is -3.71. The summed E-state index contributed by atoms with van der Waals surface area (Å²) in [6.07, 6.45) is 6.70. The number of rotatable bonds is 4. The number of nitrogens with two attached hydrogens (primary N) is 1. The second-order valence-electron chi connectivity index (χ2n) is 5.95. The Morgan fingerprint density at radius 1 is 1.00 bits per heavy atom. The molecule has 0 radical (unpaired) electrons. The monoisotopic (exact) mass is 308 g/mol. The average molecular weight is 308 g/mol. The SMILES string of the molecule is NS(=O)(=O)c1ccc(C(=O)N(C2CCC2)C2CCC2)cc1. The van der Waals surface area contributed by atoms with E-state index in [0.717, 1.165) is 25.7 Å². The van der Waals surface area contributed by atoms with Gasteiger partial charge in [0.15, 0.2) is 0 Å². The van der Waals surface area contributed by atoms with Crippen LogP contribution in [0, 0.1) is 0 Å². The third-order valence-electron chi connectivity index (χ3n) is 4.60. The third kappa shape index (κ3) is 2.82. The lowest BCUT2D eigenvalue weighted by atomic mass is 9.84. The van der Waals surface area contributed by atoms with Crippen LogP contribution in [0.25, 0.3) is 0 Å². The lowest BCUT2D eigenvalue weighted by molar-refractivity contribution is 0.0285. The summed E-state index contributed by atoms with van der Waals surface area (Å²) in [5, 5.41) is 5.08. The molecule has 6 heteroatoms. The van der Waals surface area contributed by atoms with Gasteiger partial charge in [0.05, 0.1) is 4.90 Å². The Morgan fingerprint density at radius 2 is 1.48 bits per heavy atom. The molecule has 3 rings (SSSR count). The van der Waals surface area contributed by atoms with Gasteiger partial charge in [-0.3, -0.25) is 4.79 Å². The number of nitrogens with zero attached hydrogens (tertiary/aromatic N) is 1. The fourth-order valence-corrected chi connectivity index (χ4v) is 3.41. The van der Waals surface area contributed by atoms with E-state index in [4.69, 9.17) is 5.14 Å². The largest absolute Gasteiger partial charge is 0.333 e. The fourth-order valence-electron chi connectivity index (χ4n) is 2.90. The molecule has 1 aromatic rings. The van der Waals surface area contributed by atoms with Crippen molar-refractivity contribution in [1.82, 2.24) is 4.90 Å². The van der Waals surface area contributed by atoms with Gasteiger partial charge in [-0.2, -0.15) is 0 Å². The molecule has 0 spiro atoms. The Morgan fingerprint density at radius 3 is 1.81 bits per heavy atom. The van der Waals surface area contributed by atoms with Gasteiger partial charge in [-0.25, -0.2) is 13.6 Å². The van der Waals surface area contributed by atoms with Crippen LogP contribution < -0.4 is 5.14 Å². The maximum absolute atomic E-state index is 12.7. The molecule has 0 bridgehead atoms. The normalized spacial score (nSPS) is 19.7. The zero-order chi connectivity index (χ0) is 15.0. The maximum atomic E-state index is 12.7. The molecule has 0 unspecified atom stereocenters. The summed E-state index contributed by atoms with van der Waals surface area (Å²) in [4.78, 5) is 14.8. The highest BCUT2D eigenvalue weighted by Crippen LogP contribution is 2.34. The Labute approximate surface area is 125 Å². The van der Waals surface area contributed by atoms with Crippen LogP contribution in [0.2, 0.25) is 0 Å². The molecule has 2 saturated carbocycles. The topological polar surface area (TPSA) is 80.5 Å². The van der Waals surface area contributed by atoms with E-state index in [1.807, 2.05) is 4.90 Å². The van der Waals surface area contributed by atoms with Gasteiger partial charge in [0.1, 0.15) is 0 Å². The standard InChI is InChI=1S/C15H20N2O3S/c16-21(19,20)14-9-7-11(8-10-14)15(18)17(12-3-1-4-12)13-5-2-6-13/h7-10,12-13H,1-6H2,(H2,16,19,20). The molecule has 0 atom stereocenters. The van der Waals surface area contributed by atoms with Crippen LogP contribution in [0.3, 0.4) is 0 Å². The van der Waals surface area contributed by atoms with Gasteiger partial charge in [-0.15, -0.1) is 0 Å². The van der Waals surface area contributed by atoms with Crippen molar-refractivity contribution in [1.29, 1.82) is 0 Å². The number of carbonyl (C=O) groups excluding carboxylic acids is 1. The van der Waals surface area contributed by atoms with E-state index in [1.54, 1.807) is 12.1 Å². The quantitative estimate of drug-likeness (QED) is 0.922. The summed E-state index contributed by atoms with van der Waals surface area (Å²) in [7, 11) is -3.71. The fraction of sp³-hybridized carbons (Fsp3) is 0.533. The van der Waals surface area contributed by atoms with Crippen molar-refractivity contribution >= 4 is 15.9 Å². The summed E-state index contributed by atoms with van der Waals surface area (Å²) in [6.45, 7) is 0. The molecule has 2 N–H and O–H groups in total. The minimum absolute atomic E-state index is 0.0189. The highest BCUT2D eigenvalue weighted by Gasteiger charge is 2.37. The summed E-state index contributed by atoms with van der Waals surface area (Å²) in [5.74, 6) is 0.0189. The van der Waals surface area contributed by atoms with E-state index >= 15 is 0 Å². The zero-order valence-electron chi connectivity index (χ0n) is 11.9. The van der Waals surface area contributed by atoms with Crippen LogP contribution in [0.4, 0.5) is 0 Å². The molecule has 0 aliphatic heterocycles. The van der Waals surface area contributed by atoms with Crippen molar-refractivity contribution in [3.8, 4) is 0 Å². The molecule has 2 fully saturated rings. The van der Waals surface area contributed by atoms with E-state index in [0.29, 0.717) is 17.6 Å². The van der Waals surface area contributed by atoms with Gasteiger partial charge >= 0.3 is 0 Å². The molecule has 2 aliphatic rings. The number of hydrogen-bond donors (Lipinski definition) is 1. The minimum Gasteiger partial charge on any atom is -0.333 e. The second-order valence-corrected chi connectivity index (χ2v) is 7.51. The summed E-state index contributed by atoms with van der Waals surface area (Å²) < 4.78 is 22.5. The molecule has 1 amide bonds. The van der Waals surface area contributed by atoms with Crippen molar-refractivity contribution in [2.24, 2.45) is 5.14 Å². The molecule has 21 heavy (non-hydrogen) atoms. The molecule has 0 saturated heterocycles. The van der Waals surface area contributed by atoms with Gasteiger partial charge in [-0.05, 0) is 62.8 Å². The predicted octanol–water partition coefficient (Wildman–Crippen LogP) is 1.88. The zero-order valence-corrected chi connectivity index (χ0v) is 12.7. The molecule has 0 heterocycles. The summed E-state index contributed by atoms with van der Waals surface area (Å²) in [5.41, 5.74) is 0.543. The highest BCUT2D eigenvalue weighted by molar-refractivity contribution is 7.89. The third-order valence-corrected chi connectivity index (χ3v) is 5.53. The number of carbonyl (C=O) groups is 1. The van der Waals surface area contributed by atoms with Gasteiger partial charge < -0.3 is 4.90 Å². The first kappa shape index (κ1) is 14.5. The Bertz CT molecular complexity index is 617. The molecule has 0 aromatic heterocycles. The van der Waals surface area contributed by atoms with Gasteiger partial charge in [0, 0.05) is 17.6 Å². The predicted molar refractivity (Wildman–Crippen MR) is 79.3 cm³/mol. The number of amides is 1. The van der Waals surface area contributed by atoms with Gasteiger partial charge in [0.25, 0.3) is 5.91 Å². The van der Waals surface area contributed by atoms with E-state index in [1.165, 1.54) is 25.0 Å². The smallest absolute Gasteiger partial charge is 0.254 e. The Kier molecular flexibility index (Phi) is 3.75. The first-order valence-corrected chi connectivity index (χ1v) is 8.97. The second kappa shape index (κ2) is 5.42. The Hall–Kier alpha value is -1.40. The average Bonchev–Trinajstić information content (AvgIpc) is 2.32. The van der Waals surface area contributed by atoms with E-state index in [2.05, 4.69) is 0 Å². The molecular formula is C15H20N2O3S. The van der Waals surface area contributed by atoms with Crippen molar-refractivity contribution < 1.29 is 13.2 Å². The van der Waals surface area contributed by atoms with E-state index in [-0.39, 0.29) is 10.8 Å². The van der Waals surface area contributed by atoms with E-state index < -0.39 is 10.0 Å². The molecule has 5 nitrogen and oxygen atoms in total. The number of primary sulfonamides is 1. The highest BCUT2D eigenvalue weighted by atomic mass is 32.2. The molecule has 114 valence electrons. The van der Waals surface area contributed by atoms with Crippen LogP contribution >= 0.6 is 0 Å². The molecule has 2 aliphatic carbocycles. The maximum Gasteiger partial charge on any atom is 0.254 e. The van der Waals surface area contributed by atoms with Crippen LogP contribution in [-0.4, -0.2) is 31.3 Å². The molecular weight excluding hydrogens is 288 g/mol. The summed E-state index contributed by atoms with van der Waals surface area (Å²) >= 11 is 0. The van der Waals surface area contributed by atoms with Crippen molar-refractivity contribution in [3.05, 3.63) is 29.8 Å². The number of sulfonamides is 1. The van der Waals surface area contributed by atoms with Gasteiger partial charge in [0.2, 0.25) is 10.0 Å². The number of hydrogen-bond acceptors (Lipinski definition) is 3. The van der Waals surface area contributed by atoms with Crippen molar-refractivity contribution in [2.75, 3.05) is 0 Å². The summed E-state index contributed by atoms with van der Waals surface area (Å²) in [6, 6.07) is 6.66. The first-order chi connectivity index (χ1) is 9.97. The van der Waals surface area contributed by atoms with Gasteiger partial charge in [-0.1, -0.05) is 0 Å². The van der Waals surface area contributed by atoms with Crippen LogP contribution in [0.1, 0.15) is 48.9 Å². The van der Waals surface area contributed by atoms with Crippen molar-refractivity contribution in [3.63, 3.8) is 0 Å². The Balaban J connectivity index is 1.82. The number of benzene rings is 1. The first-order valence-electron chi connectivity index (χ1n) is 7.42. The van der Waals surface area contributed by atoms with E-state index in [9.17, 15) is 13.2 Å². The van der Waals surface area contributed by atoms with Crippen LogP contribution in [-0.2, 0) is 10.0 Å². The molecule has 1 aromatic carbocycles. The lowest BCUT2D eigenvalue weighted by Gasteiger charge is -2.46. The lowest BCUT2D eigenvalue weighted by Crippen LogP contribution is -2.52. The van der Waals surface area contributed by atoms with Crippen molar-refractivity contribution in [2.45, 2.75) is 55.5 Å².